The molecule has 2 fully saturated rings. The van der Waals surface area contributed by atoms with Gasteiger partial charge in [-0.1, -0.05) is 61.4 Å². The van der Waals surface area contributed by atoms with E-state index in [0.29, 0.717) is 6.54 Å². The Kier molecular flexibility index (Phi) is 5.43. The molecule has 31 heavy (non-hydrogen) atoms. The van der Waals surface area contributed by atoms with E-state index in [0.717, 1.165) is 63.7 Å². The molecule has 1 amide bonds. The topological polar surface area (TPSA) is 32.3 Å². The lowest BCUT2D eigenvalue weighted by Crippen LogP contribution is -2.47. The maximum absolute atomic E-state index is 13.4. The first kappa shape index (κ1) is 20.4. The molecule has 1 saturated carbocycles. The van der Waals surface area contributed by atoms with Crippen LogP contribution in [-0.4, -0.2) is 37.0 Å². The minimum Gasteiger partial charge on any atom is -0.354 e. The lowest BCUT2D eigenvalue weighted by Gasteiger charge is -2.39. The van der Waals surface area contributed by atoms with E-state index in [1.165, 1.54) is 23.3 Å². The Morgan fingerprint density at radius 1 is 0.968 bits per heavy atom. The third-order valence-electron chi connectivity index (χ3n) is 7.83. The van der Waals surface area contributed by atoms with Crippen molar-refractivity contribution >= 4 is 12.0 Å². The van der Waals surface area contributed by atoms with E-state index < -0.39 is 5.41 Å². The van der Waals surface area contributed by atoms with Crippen molar-refractivity contribution in [1.29, 1.82) is 0 Å². The summed E-state index contributed by atoms with van der Waals surface area (Å²) in [6.45, 7) is 3.66. The number of nitrogens with zero attached hydrogens (tertiary/aromatic N) is 1. The Labute approximate surface area is 184 Å². The number of allylic oxidation sites excluding steroid dienone is 1. The number of piperidine rings is 1. The van der Waals surface area contributed by atoms with Crippen molar-refractivity contribution in [3.05, 3.63) is 77.1 Å². The molecule has 5 rings (SSSR count). The number of fused-ring (bicyclic) bond motifs is 2. The van der Waals surface area contributed by atoms with Crippen LogP contribution in [0.4, 0.5) is 4.39 Å². The van der Waals surface area contributed by atoms with Crippen LogP contribution in [0.5, 0.6) is 0 Å². The van der Waals surface area contributed by atoms with Gasteiger partial charge in [-0.3, -0.25) is 4.79 Å². The van der Waals surface area contributed by atoms with Crippen LogP contribution in [0.3, 0.4) is 0 Å². The van der Waals surface area contributed by atoms with Crippen LogP contribution >= 0.6 is 0 Å². The number of hydrogen-bond acceptors (Lipinski definition) is 2. The number of amides is 1. The summed E-state index contributed by atoms with van der Waals surface area (Å²) >= 11 is 0. The average molecular weight is 419 g/mol. The summed E-state index contributed by atoms with van der Waals surface area (Å²) in [5.74, 6) is -0.141. The SMILES string of the molecule is O=C(NCCN1CCC2(C=Cc3ccccc32)CC1)C1(c2ccc(F)cc2)CCCC1. The second-order valence-electron chi connectivity index (χ2n) is 9.47. The average Bonchev–Trinajstić information content (AvgIpc) is 3.43. The van der Waals surface area contributed by atoms with Gasteiger partial charge in [-0.25, -0.2) is 4.39 Å². The van der Waals surface area contributed by atoms with Gasteiger partial charge < -0.3 is 10.2 Å². The minimum absolute atomic E-state index is 0.109. The van der Waals surface area contributed by atoms with Gasteiger partial charge in [0.05, 0.1) is 5.41 Å². The monoisotopic (exact) mass is 418 g/mol. The fourth-order valence-electron chi connectivity index (χ4n) is 5.94. The van der Waals surface area contributed by atoms with Crippen LogP contribution in [0.2, 0.25) is 0 Å². The largest absolute Gasteiger partial charge is 0.354 e. The quantitative estimate of drug-likeness (QED) is 0.755. The number of likely N-dealkylation sites (tertiary alicyclic amines) is 1. The van der Waals surface area contributed by atoms with Crippen molar-refractivity contribution in [2.24, 2.45) is 0 Å². The third-order valence-corrected chi connectivity index (χ3v) is 7.83. The van der Waals surface area contributed by atoms with Crippen LogP contribution in [0, 0.1) is 5.82 Å². The highest BCUT2D eigenvalue weighted by Gasteiger charge is 2.42. The molecule has 2 aromatic carbocycles. The van der Waals surface area contributed by atoms with Crippen molar-refractivity contribution in [2.75, 3.05) is 26.2 Å². The first-order valence-electron chi connectivity index (χ1n) is 11.7. The number of carbonyl (C=O) groups excluding carboxylic acids is 1. The molecule has 1 saturated heterocycles. The predicted molar refractivity (Wildman–Crippen MR) is 122 cm³/mol. The maximum Gasteiger partial charge on any atom is 0.230 e. The summed E-state index contributed by atoms with van der Waals surface area (Å²) in [5.41, 5.74) is 3.51. The van der Waals surface area contributed by atoms with Gasteiger partial charge in [0.1, 0.15) is 5.82 Å². The fraction of sp³-hybridized carbons (Fsp3) is 0.444. The molecule has 4 heteroatoms. The first-order valence-corrected chi connectivity index (χ1v) is 11.7. The highest BCUT2D eigenvalue weighted by Crippen LogP contribution is 2.44. The van der Waals surface area contributed by atoms with Gasteiger partial charge in [-0.2, -0.15) is 0 Å². The standard InChI is InChI=1S/C27H31FN2O/c28-23-9-7-22(8-10-23)27(12-3-4-13-27)25(31)29-17-20-30-18-15-26(16-19-30)14-11-21-5-1-2-6-24(21)26/h1-2,5-11,14H,3-4,12-13,15-20H2,(H,29,31). The molecule has 0 aromatic heterocycles. The van der Waals surface area contributed by atoms with Crippen molar-refractivity contribution in [3.8, 4) is 0 Å². The van der Waals surface area contributed by atoms with Crippen molar-refractivity contribution in [1.82, 2.24) is 10.2 Å². The normalized spacial score (nSPS) is 21.3. The van der Waals surface area contributed by atoms with Crippen LogP contribution in [0.1, 0.15) is 55.2 Å². The number of nitrogens with one attached hydrogen (secondary N) is 1. The van der Waals surface area contributed by atoms with E-state index in [4.69, 9.17) is 0 Å². The molecule has 0 atom stereocenters. The number of halogens is 1. The molecule has 1 spiro atoms. The van der Waals surface area contributed by atoms with Gasteiger partial charge in [0.25, 0.3) is 0 Å². The molecule has 3 aliphatic rings. The fourth-order valence-corrected chi connectivity index (χ4v) is 5.94. The molecule has 162 valence electrons. The van der Waals surface area contributed by atoms with Crippen molar-refractivity contribution < 1.29 is 9.18 Å². The van der Waals surface area contributed by atoms with E-state index >= 15 is 0 Å². The van der Waals surface area contributed by atoms with Gasteiger partial charge in [0, 0.05) is 18.5 Å². The maximum atomic E-state index is 13.4. The molecule has 2 aliphatic carbocycles. The number of hydrogen-bond donors (Lipinski definition) is 1. The summed E-state index contributed by atoms with van der Waals surface area (Å²) in [5, 5.41) is 3.21. The van der Waals surface area contributed by atoms with Crippen LogP contribution in [0.15, 0.2) is 54.6 Å². The third kappa shape index (κ3) is 3.71. The molecule has 3 nitrogen and oxygen atoms in total. The Balaban J connectivity index is 1.16. The molecular formula is C27H31FN2O. The summed E-state index contributed by atoms with van der Waals surface area (Å²) in [6, 6.07) is 15.3. The number of carbonyl (C=O) groups is 1. The van der Waals surface area contributed by atoms with Crippen LogP contribution in [-0.2, 0) is 15.6 Å². The van der Waals surface area contributed by atoms with E-state index in [1.54, 1.807) is 12.1 Å². The molecule has 2 aromatic rings. The summed E-state index contributed by atoms with van der Waals surface area (Å²) in [7, 11) is 0. The predicted octanol–water partition coefficient (Wildman–Crippen LogP) is 4.81. The summed E-state index contributed by atoms with van der Waals surface area (Å²) in [4.78, 5) is 15.7. The van der Waals surface area contributed by atoms with E-state index in [2.05, 4.69) is 46.6 Å². The molecule has 0 radical (unpaired) electrons. The second-order valence-corrected chi connectivity index (χ2v) is 9.47. The summed E-state index contributed by atoms with van der Waals surface area (Å²) < 4.78 is 13.4. The number of rotatable bonds is 5. The van der Waals surface area contributed by atoms with Gasteiger partial charge in [0.15, 0.2) is 0 Å². The Hall–Kier alpha value is -2.46. The zero-order valence-corrected chi connectivity index (χ0v) is 18.1. The second kappa shape index (κ2) is 8.23. The molecule has 1 heterocycles. The molecule has 1 aliphatic heterocycles. The van der Waals surface area contributed by atoms with Gasteiger partial charge in [-0.05, 0) is 67.6 Å². The van der Waals surface area contributed by atoms with Gasteiger partial charge in [0.2, 0.25) is 5.91 Å². The highest BCUT2D eigenvalue weighted by molar-refractivity contribution is 5.88. The first-order chi connectivity index (χ1) is 15.1. The summed E-state index contributed by atoms with van der Waals surface area (Å²) in [6.07, 6.45) is 10.7. The lowest BCUT2D eigenvalue weighted by molar-refractivity contribution is -0.126. The lowest BCUT2D eigenvalue weighted by atomic mass is 9.74. The van der Waals surface area contributed by atoms with Crippen LogP contribution < -0.4 is 5.32 Å². The molecule has 1 N–H and O–H groups in total. The van der Waals surface area contributed by atoms with Crippen molar-refractivity contribution in [2.45, 2.75) is 49.4 Å². The smallest absolute Gasteiger partial charge is 0.230 e. The number of benzene rings is 2. The molecular weight excluding hydrogens is 387 g/mol. The zero-order chi connectivity index (χ0) is 21.3. The highest BCUT2D eigenvalue weighted by atomic mass is 19.1. The molecule has 0 bridgehead atoms. The Bertz CT molecular complexity index is 967. The zero-order valence-electron chi connectivity index (χ0n) is 18.1. The van der Waals surface area contributed by atoms with E-state index in [1.807, 2.05) is 0 Å². The van der Waals surface area contributed by atoms with Gasteiger partial charge >= 0.3 is 0 Å². The Morgan fingerprint density at radius 2 is 1.68 bits per heavy atom. The van der Waals surface area contributed by atoms with E-state index in [-0.39, 0.29) is 17.1 Å². The van der Waals surface area contributed by atoms with Gasteiger partial charge in [-0.15, -0.1) is 0 Å². The van der Waals surface area contributed by atoms with Crippen LogP contribution in [0.25, 0.3) is 6.08 Å². The van der Waals surface area contributed by atoms with E-state index in [9.17, 15) is 9.18 Å². The Morgan fingerprint density at radius 3 is 2.42 bits per heavy atom. The minimum atomic E-state index is -0.488. The molecule has 0 unspecified atom stereocenters. The van der Waals surface area contributed by atoms with Crippen molar-refractivity contribution in [3.63, 3.8) is 0 Å².